The Labute approximate surface area is 184 Å². The van der Waals surface area contributed by atoms with Gasteiger partial charge in [-0.25, -0.2) is 9.97 Å². The molecule has 0 unspecified atom stereocenters. The van der Waals surface area contributed by atoms with E-state index >= 15 is 0 Å². The Hall–Kier alpha value is -3.05. The number of hydrogen-bond acceptors (Lipinski definition) is 4. The molecule has 1 aliphatic rings. The maximum atomic E-state index is 13.1. The van der Waals surface area contributed by atoms with Gasteiger partial charge >= 0.3 is 0 Å². The first-order valence-electron chi connectivity index (χ1n) is 11.2. The van der Waals surface area contributed by atoms with Crippen molar-refractivity contribution in [2.75, 3.05) is 6.54 Å². The van der Waals surface area contributed by atoms with E-state index < -0.39 is 0 Å². The Morgan fingerprint density at radius 2 is 1.65 bits per heavy atom. The third kappa shape index (κ3) is 5.56. The molecule has 3 aromatic rings. The summed E-state index contributed by atoms with van der Waals surface area (Å²) in [5.41, 5.74) is 8.86. The van der Waals surface area contributed by atoms with E-state index in [9.17, 15) is 4.79 Å². The number of benzene rings is 2. The first-order chi connectivity index (χ1) is 15.2. The first-order valence-corrected chi connectivity index (χ1v) is 11.2. The molecule has 5 nitrogen and oxygen atoms in total. The van der Waals surface area contributed by atoms with E-state index in [2.05, 4.69) is 22.4 Å². The summed E-state index contributed by atoms with van der Waals surface area (Å²) in [6.45, 7) is 0.713. The van der Waals surface area contributed by atoms with Gasteiger partial charge in [-0.15, -0.1) is 0 Å². The van der Waals surface area contributed by atoms with Crippen LogP contribution in [0.3, 0.4) is 0 Å². The molecule has 1 heterocycles. The van der Waals surface area contributed by atoms with Gasteiger partial charge in [0.15, 0.2) is 5.82 Å². The molecule has 1 fully saturated rings. The molecule has 0 saturated heterocycles. The second-order valence-electron chi connectivity index (χ2n) is 8.37. The highest BCUT2D eigenvalue weighted by molar-refractivity contribution is 5.79. The van der Waals surface area contributed by atoms with Crippen molar-refractivity contribution < 1.29 is 4.79 Å². The van der Waals surface area contributed by atoms with Crippen molar-refractivity contribution in [3.63, 3.8) is 0 Å². The predicted molar refractivity (Wildman–Crippen MR) is 123 cm³/mol. The molecule has 5 heteroatoms. The molecule has 1 aliphatic carbocycles. The quantitative estimate of drug-likeness (QED) is 0.604. The second-order valence-corrected chi connectivity index (χ2v) is 8.37. The number of carbonyl (C=O) groups is 1. The molecule has 0 bridgehead atoms. The van der Waals surface area contributed by atoms with Gasteiger partial charge in [0.1, 0.15) is 0 Å². The van der Waals surface area contributed by atoms with Crippen LogP contribution < -0.4 is 11.1 Å². The molecule has 31 heavy (non-hydrogen) atoms. The summed E-state index contributed by atoms with van der Waals surface area (Å²) < 4.78 is 0. The van der Waals surface area contributed by atoms with Crippen LogP contribution in [0, 0.1) is 11.8 Å². The van der Waals surface area contributed by atoms with Gasteiger partial charge in [-0.2, -0.15) is 0 Å². The molecule has 0 radical (unpaired) electrons. The lowest BCUT2D eigenvalue weighted by Gasteiger charge is -2.28. The fourth-order valence-electron chi connectivity index (χ4n) is 4.32. The normalized spacial score (nSPS) is 19.5. The lowest BCUT2D eigenvalue weighted by Crippen LogP contribution is -2.38. The maximum Gasteiger partial charge on any atom is 0.223 e. The Kier molecular flexibility index (Phi) is 7.05. The van der Waals surface area contributed by atoms with Gasteiger partial charge in [0.05, 0.1) is 11.7 Å². The fraction of sp³-hybridized carbons (Fsp3) is 0.346. The summed E-state index contributed by atoms with van der Waals surface area (Å²) in [7, 11) is 0. The molecule has 3 N–H and O–H groups in total. The highest BCUT2D eigenvalue weighted by Crippen LogP contribution is 2.29. The molecule has 1 atom stereocenters. The van der Waals surface area contributed by atoms with Crippen LogP contribution in [0.4, 0.5) is 0 Å². The lowest BCUT2D eigenvalue weighted by molar-refractivity contribution is -0.127. The Balaban J connectivity index is 1.55. The molecule has 1 saturated carbocycles. The van der Waals surface area contributed by atoms with Crippen molar-refractivity contribution >= 4 is 5.91 Å². The molecule has 1 amide bonds. The topological polar surface area (TPSA) is 80.9 Å². The first kappa shape index (κ1) is 21.2. The van der Waals surface area contributed by atoms with Gasteiger partial charge in [-0.1, -0.05) is 60.7 Å². The van der Waals surface area contributed by atoms with Gasteiger partial charge in [0, 0.05) is 17.7 Å². The van der Waals surface area contributed by atoms with E-state index in [0.29, 0.717) is 24.7 Å². The van der Waals surface area contributed by atoms with Gasteiger partial charge < -0.3 is 11.1 Å². The van der Waals surface area contributed by atoms with Gasteiger partial charge in [-0.05, 0) is 56.2 Å². The molecule has 0 spiro atoms. The van der Waals surface area contributed by atoms with Crippen molar-refractivity contribution in [2.45, 2.75) is 38.1 Å². The molecule has 1 aromatic heterocycles. The Morgan fingerprint density at radius 1 is 0.968 bits per heavy atom. The molecule has 4 rings (SSSR count). The van der Waals surface area contributed by atoms with Crippen molar-refractivity contribution in [1.29, 1.82) is 0 Å². The highest BCUT2D eigenvalue weighted by atomic mass is 16.1. The van der Waals surface area contributed by atoms with Gasteiger partial charge in [0.2, 0.25) is 5.91 Å². The summed E-state index contributed by atoms with van der Waals surface area (Å²) in [6, 6.07) is 21.9. The summed E-state index contributed by atoms with van der Waals surface area (Å²) in [4.78, 5) is 22.5. The zero-order valence-corrected chi connectivity index (χ0v) is 17.8. The summed E-state index contributed by atoms with van der Waals surface area (Å²) in [5, 5.41) is 3.27. The van der Waals surface area contributed by atoms with Gasteiger partial charge in [-0.3, -0.25) is 4.79 Å². The number of aromatic nitrogens is 2. The average molecular weight is 415 g/mol. The number of amides is 1. The van der Waals surface area contributed by atoms with Gasteiger partial charge in [0.25, 0.3) is 0 Å². The van der Waals surface area contributed by atoms with E-state index in [1.54, 1.807) is 6.20 Å². The number of nitrogens with two attached hydrogens (primary N) is 1. The minimum Gasteiger partial charge on any atom is -0.345 e. The zero-order chi connectivity index (χ0) is 21.5. The van der Waals surface area contributed by atoms with E-state index in [4.69, 9.17) is 10.7 Å². The number of rotatable bonds is 7. The maximum absolute atomic E-state index is 13.1. The minimum atomic E-state index is -0.272. The number of hydrogen-bond donors (Lipinski definition) is 2. The standard InChI is InChI=1S/C26H30N4O/c27-18-20-11-13-22(14-12-20)26(31)30-24(17-19-7-3-1-4-8-19)25-28-16-15-23(29-25)21-9-5-2-6-10-21/h1-10,15-16,20,22,24H,11-14,17-18,27H2,(H,30,31)/t20-,22-,24-/m0/s1. The van der Waals surface area contributed by atoms with Crippen LogP contribution >= 0.6 is 0 Å². The van der Waals surface area contributed by atoms with Crippen LogP contribution in [0.5, 0.6) is 0 Å². The largest absolute Gasteiger partial charge is 0.345 e. The summed E-state index contributed by atoms with van der Waals surface area (Å²) in [5.74, 6) is 1.34. The van der Waals surface area contributed by atoms with Crippen LogP contribution in [-0.2, 0) is 11.2 Å². The Morgan fingerprint density at radius 3 is 2.32 bits per heavy atom. The average Bonchev–Trinajstić information content (AvgIpc) is 2.85. The molecular weight excluding hydrogens is 384 g/mol. The molecule has 160 valence electrons. The van der Waals surface area contributed by atoms with Crippen LogP contribution in [-0.4, -0.2) is 22.4 Å². The molecule has 2 aromatic carbocycles. The number of nitrogens with zero attached hydrogens (tertiary/aromatic N) is 2. The summed E-state index contributed by atoms with van der Waals surface area (Å²) >= 11 is 0. The van der Waals surface area contributed by atoms with Crippen molar-refractivity contribution in [3.05, 3.63) is 84.3 Å². The second kappa shape index (κ2) is 10.3. The fourth-order valence-corrected chi connectivity index (χ4v) is 4.32. The minimum absolute atomic E-state index is 0.0402. The summed E-state index contributed by atoms with van der Waals surface area (Å²) in [6.07, 6.45) is 6.29. The van der Waals surface area contributed by atoms with Crippen LogP contribution in [0.25, 0.3) is 11.3 Å². The van der Waals surface area contributed by atoms with Crippen molar-refractivity contribution in [1.82, 2.24) is 15.3 Å². The van der Waals surface area contributed by atoms with Crippen molar-refractivity contribution in [3.8, 4) is 11.3 Å². The smallest absolute Gasteiger partial charge is 0.223 e. The predicted octanol–water partition coefficient (Wildman–Crippen LogP) is 4.31. The van der Waals surface area contributed by atoms with Crippen LogP contribution in [0.15, 0.2) is 72.9 Å². The molecular formula is C26H30N4O. The monoisotopic (exact) mass is 414 g/mol. The van der Waals surface area contributed by atoms with Crippen LogP contribution in [0.2, 0.25) is 0 Å². The van der Waals surface area contributed by atoms with E-state index in [0.717, 1.165) is 42.5 Å². The zero-order valence-electron chi connectivity index (χ0n) is 17.8. The van der Waals surface area contributed by atoms with E-state index in [1.165, 1.54) is 0 Å². The highest BCUT2D eigenvalue weighted by Gasteiger charge is 2.28. The lowest BCUT2D eigenvalue weighted by atomic mass is 9.81. The SMILES string of the molecule is NC[C@H]1CC[C@H](C(=O)N[C@@H](Cc2ccccc2)c2nccc(-c3ccccc3)n2)CC1. The third-order valence-corrected chi connectivity index (χ3v) is 6.21. The van der Waals surface area contributed by atoms with Crippen LogP contribution in [0.1, 0.15) is 43.1 Å². The van der Waals surface area contributed by atoms with E-state index in [1.807, 2.05) is 54.6 Å². The number of nitrogens with one attached hydrogen (secondary N) is 1. The Bertz CT molecular complexity index is 969. The van der Waals surface area contributed by atoms with Crippen molar-refractivity contribution in [2.24, 2.45) is 17.6 Å². The van der Waals surface area contributed by atoms with E-state index in [-0.39, 0.29) is 17.9 Å². The third-order valence-electron chi connectivity index (χ3n) is 6.21. The number of carbonyl (C=O) groups excluding carboxylic acids is 1. The molecule has 0 aliphatic heterocycles.